The Hall–Kier alpha value is -2.53. The van der Waals surface area contributed by atoms with Crippen LogP contribution in [0.5, 0.6) is 5.75 Å². The molecule has 2 aromatic rings. The van der Waals surface area contributed by atoms with E-state index in [0.717, 1.165) is 6.42 Å². The van der Waals surface area contributed by atoms with E-state index in [1.54, 1.807) is 30.3 Å². The van der Waals surface area contributed by atoms with E-state index in [1.807, 2.05) is 13.1 Å². The molecule has 8 nitrogen and oxygen atoms in total. The van der Waals surface area contributed by atoms with Crippen LogP contribution >= 0.6 is 12.2 Å². The number of hydrogen-bond donors (Lipinski definition) is 2. The zero-order chi connectivity index (χ0) is 24.7. The number of carbonyl (C=O) groups excluding carboxylic acids is 1. The van der Waals surface area contributed by atoms with Gasteiger partial charge >= 0.3 is 0 Å². The Morgan fingerprint density at radius 3 is 2.35 bits per heavy atom. The molecule has 0 aliphatic carbocycles. The molecule has 10 heteroatoms. The van der Waals surface area contributed by atoms with E-state index >= 15 is 0 Å². The summed E-state index contributed by atoms with van der Waals surface area (Å²) in [7, 11) is -1.56. The van der Waals surface area contributed by atoms with Crippen LogP contribution in [0.1, 0.15) is 30.6 Å². The third kappa shape index (κ3) is 6.99. The summed E-state index contributed by atoms with van der Waals surface area (Å²) < 4.78 is 33.0. The molecule has 0 saturated carbocycles. The topological polar surface area (TPSA) is 91.0 Å². The molecule has 2 N–H and O–H groups in total. The summed E-state index contributed by atoms with van der Waals surface area (Å²) in [5.41, 5.74) is 0.966. The summed E-state index contributed by atoms with van der Waals surface area (Å²) in [6, 6.07) is 13.4. The number of anilines is 1. The number of ether oxygens (including phenoxy) is 1. The van der Waals surface area contributed by atoms with E-state index in [9.17, 15) is 13.2 Å². The fourth-order valence-electron chi connectivity index (χ4n) is 3.41. The highest BCUT2D eigenvalue weighted by atomic mass is 32.2. The van der Waals surface area contributed by atoms with E-state index in [4.69, 9.17) is 17.0 Å². The first-order chi connectivity index (χ1) is 16.2. The summed E-state index contributed by atoms with van der Waals surface area (Å²) in [4.78, 5) is 15.1. The lowest BCUT2D eigenvalue weighted by atomic mass is 10.1. The Kier molecular flexibility index (Phi) is 9.01. The Morgan fingerprint density at radius 2 is 1.71 bits per heavy atom. The summed E-state index contributed by atoms with van der Waals surface area (Å²) >= 11 is 5.28. The molecule has 1 saturated heterocycles. The van der Waals surface area contributed by atoms with Crippen LogP contribution in [0.2, 0.25) is 0 Å². The zero-order valence-corrected chi connectivity index (χ0v) is 21.4. The third-order valence-corrected chi connectivity index (χ3v) is 7.64. The molecular weight excluding hydrogens is 472 g/mol. The van der Waals surface area contributed by atoms with Gasteiger partial charge in [-0.1, -0.05) is 26.0 Å². The molecular formula is C24H32N4O4S2. The highest BCUT2D eigenvalue weighted by Crippen LogP contribution is 2.21. The van der Waals surface area contributed by atoms with Gasteiger partial charge < -0.3 is 15.0 Å². The monoisotopic (exact) mass is 504 g/mol. The predicted molar refractivity (Wildman–Crippen MR) is 138 cm³/mol. The Balaban J connectivity index is 1.59. The van der Waals surface area contributed by atoms with Gasteiger partial charge in [-0.25, -0.2) is 8.42 Å². The Labute approximate surface area is 207 Å². The number of para-hydroxylation sites is 1. The lowest BCUT2D eigenvalue weighted by Crippen LogP contribution is -2.46. The van der Waals surface area contributed by atoms with Crippen molar-refractivity contribution >= 4 is 38.9 Å². The van der Waals surface area contributed by atoms with Crippen molar-refractivity contribution in [1.29, 1.82) is 0 Å². The van der Waals surface area contributed by atoms with E-state index in [-0.39, 0.29) is 15.9 Å². The minimum absolute atomic E-state index is 0.108. The average molecular weight is 505 g/mol. The van der Waals surface area contributed by atoms with Crippen molar-refractivity contribution < 1.29 is 17.9 Å². The van der Waals surface area contributed by atoms with Crippen LogP contribution in [0.25, 0.3) is 0 Å². The fourth-order valence-corrected chi connectivity index (χ4v) is 5.04. The maximum absolute atomic E-state index is 12.9. The number of hydrogen-bond acceptors (Lipinski definition) is 6. The average Bonchev–Trinajstić information content (AvgIpc) is 2.79. The van der Waals surface area contributed by atoms with Crippen LogP contribution < -0.4 is 15.4 Å². The van der Waals surface area contributed by atoms with Gasteiger partial charge in [-0.2, -0.15) is 4.31 Å². The van der Waals surface area contributed by atoms with Crippen molar-refractivity contribution in [3.63, 3.8) is 0 Å². The number of rotatable bonds is 8. The molecule has 0 radical (unpaired) electrons. The van der Waals surface area contributed by atoms with Gasteiger partial charge in [0.1, 0.15) is 5.75 Å². The first kappa shape index (κ1) is 26.1. The van der Waals surface area contributed by atoms with E-state index < -0.39 is 10.0 Å². The van der Waals surface area contributed by atoms with Gasteiger partial charge in [0.15, 0.2) is 5.11 Å². The van der Waals surface area contributed by atoms with Gasteiger partial charge in [-0.05, 0) is 68.0 Å². The van der Waals surface area contributed by atoms with Crippen LogP contribution in [0.4, 0.5) is 5.69 Å². The molecule has 0 atom stereocenters. The summed E-state index contributed by atoms with van der Waals surface area (Å²) in [5, 5.41) is 5.69. The van der Waals surface area contributed by atoms with Crippen LogP contribution in [0.3, 0.4) is 0 Å². The second-order valence-corrected chi connectivity index (χ2v) is 11.0. The normalized spacial score (nSPS) is 15.2. The molecule has 1 amide bonds. The fraction of sp³-hybridized carbons (Fsp3) is 0.417. The maximum Gasteiger partial charge on any atom is 0.261 e. The molecule has 1 aliphatic rings. The third-order valence-electron chi connectivity index (χ3n) is 5.52. The van der Waals surface area contributed by atoms with Gasteiger partial charge in [0.25, 0.3) is 5.91 Å². The Morgan fingerprint density at radius 1 is 1.06 bits per heavy atom. The molecule has 2 aromatic carbocycles. The maximum atomic E-state index is 12.9. The van der Waals surface area contributed by atoms with Crippen molar-refractivity contribution in [2.75, 3.05) is 45.2 Å². The first-order valence-electron chi connectivity index (χ1n) is 11.3. The van der Waals surface area contributed by atoms with Gasteiger partial charge in [-0.3, -0.25) is 10.1 Å². The SMILES string of the molecule is CC(C)CCOc1ccccc1C(=O)NC(=S)Nc1ccc(S(=O)(=O)N2CCN(C)CC2)cc1. The highest BCUT2D eigenvalue weighted by molar-refractivity contribution is 7.89. The van der Waals surface area contributed by atoms with E-state index in [1.165, 1.54) is 16.4 Å². The standard InChI is InChI=1S/C24H32N4O4S2/c1-18(2)12-17-32-22-7-5-4-6-21(22)23(29)26-24(33)25-19-8-10-20(11-9-19)34(30,31)28-15-13-27(3)14-16-28/h4-11,18H,12-17H2,1-3H3,(H2,25,26,29,33). The number of likely N-dealkylation sites (N-methyl/N-ethyl adjacent to an activating group) is 1. The number of carbonyl (C=O) groups is 1. The summed E-state index contributed by atoms with van der Waals surface area (Å²) in [6.45, 7) is 7.10. The quantitative estimate of drug-likeness (QED) is 0.534. The lowest BCUT2D eigenvalue weighted by Gasteiger charge is -2.31. The lowest BCUT2D eigenvalue weighted by molar-refractivity contribution is 0.0973. The van der Waals surface area contributed by atoms with Gasteiger partial charge in [0.05, 0.1) is 17.1 Å². The number of piperazine rings is 1. The summed E-state index contributed by atoms with van der Waals surface area (Å²) in [5.74, 6) is 0.620. The largest absolute Gasteiger partial charge is 0.493 e. The number of amides is 1. The number of thiocarbonyl (C=S) groups is 1. The molecule has 34 heavy (non-hydrogen) atoms. The zero-order valence-electron chi connectivity index (χ0n) is 19.8. The molecule has 1 fully saturated rings. The number of sulfonamides is 1. The molecule has 0 aromatic heterocycles. The van der Waals surface area contributed by atoms with Gasteiger partial charge in [-0.15, -0.1) is 0 Å². The molecule has 0 unspecified atom stereocenters. The number of benzene rings is 2. The van der Waals surface area contributed by atoms with Crippen LogP contribution in [-0.2, 0) is 10.0 Å². The van der Waals surface area contributed by atoms with Crippen LogP contribution in [-0.4, -0.2) is 68.5 Å². The molecule has 0 bridgehead atoms. The van der Waals surface area contributed by atoms with E-state index in [2.05, 4.69) is 29.4 Å². The summed E-state index contributed by atoms with van der Waals surface area (Å²) in [6.07, 6.45) is 0.885. The minimum atomic E-state index is -3.54. The second-order valence-electron chi connectivity index (χ2n) is 8.67. The van der Waals surface area contributed by atoms with E-state index in [0.29, 0.717) is 55.7 Å². The molecule has 0 spiro atoms. The van der Waals surface area contributed by atoms with Gasteiger partial charge in [0, 0.05) is 31.9 Å². The molecule has 1 aliphatic heterocycles. The number of nitrogens with one attached hydrogen (secondary N) is 2. The molecule has 1 heterocycles. The van der Waals surface area contributed by atoms with Crippen LogP contribution in [0.15, 0.2) is 53.4 Å². The molecule has 184 valence electrons. The van der Waals surface area contributed by atoms with Crippen molar-refractivity contribution in [3.05, 3.63) is 54.1 Å². The van der Waals surface area contributed by atoms with Crippen molar-refractivity contribution in [1.82, 2.24) is 14.5 Å². The predicted octanol–water partition coefficient (Wildman–Crippen LogP) is 3.17. The van der Waals surface area contributed by atoms with Gasteiger partial charge in [0.2, 0.25) is 10.0 Å². The number of nitrogens with zero attached hydrogens (tertiary/aromatic N) is 2. The van der Waals surface area contributed by atoms with Crippen molar-refractivity contribution in [2.45, 2.75) is 25.2 Å². The Bertz CT molecular complexity index is 1100. The first-order valence-corrected chi connectivity index (χ1v) is 13.1. The highest BCUT2D eigenvalue weighted by Gasteiger charge is 2.27. The minimum Gasteiger partial charge on any atom is -0.493 e. The van der Waals surface area contributed by atoms with Crippen molar-refractivity contribution in [3.8, 4) is 5.75 Å². The second kappa shape index (κ2) is 11.7. The van der Waals surface area contributed by atoms with Crippen LogP contribution in [0, 0.1) is 5.92 Å². The smallest absolute Gasteiger partial charge is 0.261 e. The van der Waals surface area contributed by atoms with Crippen molar-refractivity contribution in [2.24, 2.45) is 5.92 Å². The molecule has 3 rings (SSSR count).